The van der Waals surface area contributed by atoms with Crippen LogP contribution < -0.4 is 10.2 Å². The number of carbonyl (C=O) groups is 1. The molecule has 1 aliphatic rings. The molecule has 0 saturated carbocycles. The summed E-state index contributed by atoms with van der Waals surface area (Å²) in [6.07, 6.45) is 1.55. The molecule has 1 aliphatic heterocycles. The average Bonchev–Trinajstić information content (AvgIpc) is 2.78. The van der Waals surface area contributed by atoms with Crippen molar-refractivity contribution in [1.29, 1.82) is 0 Å². The lowest BCUT2D eigenvalue weighted by atomic mass is 10.1. The van der Waals surface area contributed by atoms with E-state index < -0.39 is 27.1 Å². The molecular weight excluding hydrogens is 465 g/mol. The van der Waals surface area contributed by atoms with Crippen molar-refractivity contribution in [3.63, 3.8) is 0 Å². The molecule has 1 aromatic carbocycles. The van der Waals surface area contributed by atoms with Crippen LogP contribution >= 0.6 is 23.2 Å². The van der Waals surface area contributed by atoms with Crippen LogP contribution in [0.4, 0.5) is 17.1 Å². The number of anilines is 1. The van der Waals surface area contributed by atoms with Crippen molar-refractivity contribution < 1.29 is 19.4 Å². The largest absolute Gasteiger partial charge is 0.379 e. The zero-order valence-corrected chi connectivity index (χ0v) is 19.1. The van der Waals surface area contributed by atoms with Crippen molar-refractivity contribution in [1.82, 2.24) is 10.2 Å². The summed E-state index contributed by atoms with van der Waals surface area (Å²) in [5.41, 5.74) is -1.27. The molecule has 1 heterocycles. The van der Waals surface area contributed by atoms with Gasteiger partial charge in [0.2, 0.25) is 0 Å². The molecule has 0 radical (unpaired) electrons. The number of nitro groups is 2. The van der Waals surface area contributed by atoms with Crippen molar-refractivity contribution in [2.45, 2.75) is 12.8 Å². The minimum Gasteiger partial charge on any atom is -0.379 e. The zero-order valence-electron chi connectivity index (χ0n) is 17.6. The van der Waals surface area contributed by atoms with Crippen LogP contribution in [-0.2, 0) is 4.74 Å². The third kappa shape index (κ3) is 7.44. The third-order valence-corrected chi connectivity index (χ3v) is 5.41. The van der Waals surface area contributed by atoms with Gasteiger partial charge in [-0.3, -0.25) is 29.9 Å². The van der Waals surface area contributed by atoms with Crippen LogP contribution in [0.25, 0.3) is 0 Å². The number of nitro benzene ring substituents is 2. The lowest BCUT2D eigenvalue weighted by Gasteiger charge is -2.26. The smallest absolute Gasteiger partial charge is 0.299 e. The van der Waals surface area contributed by atoms with Crippen LogP contribution in [0.15, 0.2) is 12.1 Å². The number of halogens is 2. The van der Waals surface area contributed by atoms with Crippen molar-refractivity contribution >= 4 is 46.2 Å². The van der Waals surface area contributed by atoms with Gasteiger partial charge in [-0.2, -0.15) is 0 Å². The van der Waals surface area contributed by atoms with E-state index >= 15 is 0 Å². The normalized spacial score (nSPS) is 14.2. The molecule has 178 valence electrons. The summed E-state index contributed by atoms with van der Waals surface area (Å²) in [5.74, 6) is -0.332. The highest BCUT2D eigenvalue weighted by molar-refractivity contribution is 6.18. The molecule has 0 aromatic heterocycles. The van der Waals surface area contributed by atoms with Crippen molar-refractivity contribution in [3.8, 4) is 0 Å². The first-order valence-corrected chi connectivity index (χ1v) is 11.4. The predicted molar refractivity (Wildman–Crippen MR) is 122 cm³/mol. The Morgan fingerprint density at radius 1 is 1.06 bits per heavy atom. The highest BCUT2D eigenvalue weighted by atomic mass is 35.5. The molecule has 1 saturated heterocycles. The monoisotopic (exact) mass is 491 g/mol. The molecule has 0 bridgehead atoms. The molecule has 11 nitrogen and oxygen atoms in total. The minimum absolute atomic E-state index is 0.0689. The Balaban J connectivity index is 2.14. The molecule has 0 spiro atoms. The third-order valence-electron chi connectivity index (χ3n) is 5.07. The SMILES string of the molecule is O=C(NCCCCN1CCOCC1)c1cc(N(CCCl)CCCl)c([N+](=O)[O-])cc1[N+](=O)[O-]. The number of benzene rings is 1. The molecule has 2 rings (SSSR count). The Kier molecular flexibility index (Phi) is 10.9. The average molecular weight is 492 g/mol. The maximum atomic E-state index is 12.7. The summed E-state index contributed by atoms with van der Waals surface area (Å²) in [5, 5.41) is 25.7. The highest BCUT2D eigenvalue weighted by Gasteiger charge is 2.30. The van der Waals surface area contributed by atoms with E-state index in [1.165, 1.54) is 6.07 Å². The van der Waals surface area contributed by atoms with Crippen molar-refractivity contribution in [2.75, 3.05) is 69.1 Å². The standard InChI is InChI=1S/C19H27Cl2N5O6/c20-3-7-24(8-4-21)17-13-15(16(25(28)29)14-18(17)26(30)31)19(27)22-5-1-2-6-23-9-11-32-12-10-23/h13-14H,1-12H2,(H,22,27). The lowest BCUT2D eigenvalue weighted by Crippen LogP contribution is -2.37. The number of alkyl halides is 2. The number of ether oxygens (including phenoxy) is 1. The Hall–Kier alpha value is -2.21. The molecular formula is C19H27Cl2N5O6. The first kappa shape index (κ1) is 26.0. The first-order valence-electron chi connectivity index (χ1n) is 10.3. The van der Waals surface area contributed by atoms with Crippen LogP contribution in [0.3, 0.4) is 0 Å². The van der Waals surface area contributed by atoms with Gasteiger partial charge in [0.05, 0.1) is 29.1 Å². The van der Waals surface area contributed by atoms with Gasteiger partial charge >= 0.3 is 0 Å². The number of amides is 1. The van der Waals surface area contributed by atoms with Crippen LogP contribution in [0, 0.1) is 20.2 Å². The van der Waals surface area contributed by atoms with Gasteiger partial charge in [-0.1, -0.05) is 0 Å². The van der Waals surface area contributed by atoms with Crippen molar-refractivity contribution in [2.24, 2.45) is 0 Å². The summed E-state index contributed by atoms with van der Waals surface area (Å²) in [6.45, 7) is 4.87. The molecule has 0 atom stereocenters. The molecule has 1 fully saturated rings. The predicted octanol–water partition coefficient (Wildman–Crippen LogP) is 2.63. The van der Waals surface area contributed by atoms with E-state index in [-0.39, 0.29) is 36.1 Å². The number of unbranched alkanes of at least 4 members (excludes halogenated alkanes) is 1. The van der Waals surface area contributed by atoms with Crippen molar-refractivity contribution in [3.05, 3.63) is 37.9 Å². The number of hydrogen-bond acceptors (Lipinski definition) is 8. The fraction of sp³-hybridized carbons (Fsp3) is 0.632. The van der Waals surface area contributed by atoms with E-state index in [0.29, 0.717) is 26.2 Å². The van der Waals surface area contributed by atoms with Gasteiger partial charge in [-0.05, 0) is 25.5 Å². The van der Waals surface area contributed by atoms with Gasteiger partial charge in [0.1, 0.15) is 11.3 Å². The fourth-order valence-electron chi connectivity index (χ4n) is 3.44. The topological polar surface area (TPSA) is 131 Å². The molecule has 0 aliphatic carbocycles. The Morgan fingerprint density at radius 2 is 1.69 bits per heavy atom. The van der Waals surface area contributed by atoms with E-state index in [1.807, 2.05) is 0 Å². The maximum Gasteiger partial charge on any atom is 0.299 e. The van der Waals surface area contributed by atoms with E-state index in [9.17, 15) is 25.0 Å². The number of nitrogens with one attached hydrogen (secondary N) is 1. The summed E-state index contributed by atoms with van der Waals surface area (Å²) in [4.78, 5) is 38.1. The second kappa shape index (κ2) is 13.4. The minimum atomic E-state index is -0.794. The van der Waals surface area contributed by atoms with Gasteiger partial charge < -0.3 is 15.0 Å². The Labute approximate surface area is 195 Å². The lowest BCUT2D eigenvalue weighted by molar-refractivity contribution is -0.393. The van der Waals surface area contributed by atoms with E-state index in [4.69, 9.17) is 27.9 Å². The summed E-state index contributed by atoms with van der Waals surface area (Å²) in [7, 11) is 0. The molecule has 0 unspecified atom stereocenters. The van der Waals surface area contributed by atoms with E-state index in [0.717, 1.165) is 32.1 Å². The quantitative estimate of drug-likeness (QED) is 0.192. The number of hydrogen-bond donors (Lipinski definition) is 1. The van der Waals surface area contributed by atoms with Crippen LogP contribution in [0.1, 0.15) is 23.2 Å². The van der Waals surface area contributed by atoms with Gasteiger partial charge in [0.25, 0.3) is 17.3 Å². The Morgan fingerprint density at radius 3 is 2.25 bits per heavy atom. The highest BCUT2D eigenvalue weighted by Crippen LogP contribution is 2.35. The Bertz CT molecular complexity index is 801. The molecule has 32 heavy (non-hydrogen) atoms. The molecule has 1 amide bonds. The fourth-order valence-corrected chi connectivity index (χ4v) is 3.85. The number of morpholine rings is 1. The van der Waals surface area contributed by atoms with Gasteiger partial charge in [-0.25, -0.2) is 0 Å². The van der Waals surface area contributed by atoms with E-state index in [1.54, 1.807) is 4.90 Å². The van der Waals surface area contributed by atoms with Crippen LogP contribution in [0.5, 0.6) is 0 Å². The zero-order chi connectivity index (χ0) is 23.5. The van der Waals surface area contributed by atoms with Crippen LogP contribution in [0.2, 0.25) is 0 Å². The molecule has 1 N–H and O–H groups in total. The maximum absolute atomic E-state index is 12.7. The summed E-state index contributed by atoms with van der Waals surface area (Å²) >= 11 is 11.6. The van der Waals surface area contributed by atoms with Crippen LogP contribution in [-0.4, -0.2) is 84.9 Å². The first-order chi connectivity index (χ1) is 15.4. The van der Waals surface area contributed by atoms with E-state index in [2.05, 4.69) is 10.2 Å². The molecule has 1 aromatic rings. The van der Waals surface area contributed by atoms with Gasteiger partial charge in [0, 0.05) is 44.5 Å². The summed E-state index contributed by atoms with van der Waals surface area (Å²) < 4.78 is 5.30. The number of carbonyl (C=O) groups excluding carboxylic acids is 1. The second-order valence-corrected chi connectivity index (χ2v) is 7.91. The summed E-state index contributed by atoms with van der Waals surface area (Å²) in [6, 6.07) is 2.00. The number of nitrogens with zero attached hydrogens (tertiary/aromatic N) is 4. The van der Waals surface area contributed by atoms with Gasteiger partial charge in [0.15, 0.2) is 0 Å². The number of rotatable bonds is 13. The molecule has 13 heteroatoms. The second-order valence-electron chi connectivity index (χ2n) is 7.15. The van der Waals surface area contributed by atoms with Gasteiger partial charge in [-0.15, -0.1) is 23.2 Å².